The maximum atomic E-state index is 6.39. The highest BCUT2D eigenvalue weighted by Crippen LogP contribution is 2.44. The molecule has 0 fully saturated rings. The molecule has 12 aromatic rings. The lowest BCUT2D eigenvalue weighted by Gasteiger charge is -2.26. The predicted molar refractivity (Wildman–Crippen MR) is 255 cm³/mol. The van der Waals surface area contributed by atoms with Crippen LogP contribution in [0.25, 0.3) is 98.4 Å². The highest BCUT2D eigenvalue weighted by Gasteiger charge is 2.20. The van der Waals surface area contributed by atoms with Crippen LogP contribution in [0.2, 0.25) is 0 Å². The molecule has 1 heterocycles. The minimum Gasteiger partial charge on any atom is -0.456 e. The Balaban J connectivity index is 0.917. The smallest absolute Gasteiger partial charge is 0.137 e. The first kappa shape index (κ1) is 34.1. The van der Waals surface area contributed by atoms with Crippen molar-refractivity contribution < 1.29 is 4.42 Å². The molecule has 0 saturated heterocycles. The van der Waals surface area contributed by atoms with Gasteiger partial charge in [-0.2, -0.15) is 0 Å². The van der Waals surface area contributed by atoms with Crippen LogP contribution in [0.15, 0.2) is 229 Å². The second-order valence-corrected chi connectivity index (χ2v) is 15.7. The van der Waals surface area contributed by atoms with E-state index in [0.29, 0.717) is 0 Å². The van der Waals surface area contributed by atoms with Crippen LogP contribution in [-0.4, -0.2) is 0 Å². The Morgan fingerprint density at radius 2 is 0.767 bits per heavy atom. The van der Waals surface area contributed by atoms with E-state index >= 15 is 0 Å². The second-order valence-electron chi connectivity index (χ2n) is 15.7. The number of hydrogen-bond acceptors (Lipinski definition) is 2. The van der Waals surface area contributed by atoms with Crippen molar-refractivity contribution in [3.63, 3.8) is 0 Å². The molecule has 0 aliphatic heterocycles. The monoisotopic (exact) mass is 763 g/mol. The fourth-order valence-corrected chi connectivity index (χ4v) is 9.30. The standard InChI is InChI=1S/C58H37NO/c1-3-11-48-41(9-1)23-24-45-37-44(30-35-51(45)48)40-21-19-38(20-22-40)39-25-31-46(32-26-39)59(55-16-8-18-57-58(55)54-13-5-6-17-56(54)60-57)47-33-27-43(28-34-47)50-14-7-15-52-49-12-4-2-10-42(49)29-36-53(50)52/h1-37H. The van der Waals surface area contributed by atoms with Crippen molar-refractivity contribution in [2.24, 2.45) is 0 Å². The quantitative estimate of drug-likeness (QED) is 0.157. The molecule has 0 unspecified atom stereocenters. The van der Waals surface area contributed by atoms with Gasteiger partial charge in [-0.15, -0.1) is 0 Å². The number of nitrogens with zero attached hydrogens (tertiary/aromatic N) is 1. The number of benzene rings is 11. The molecule has 1 aromatic heterocycles. The largest absolute Gasteiger partial charge is 0.456 e. The predicted octanol–water partition coefficient (Wildman–Crippen LogP) is 16.7. The maximum absolute atomic E-state index is 6.39. The van der Waals surface area contributed by atoms with E-state index in [1.807, 2.05) is 12.1 Å². The van der Waals surface area contributed by atoms with Crippen LogP contribution in [0.4, 0.5) is 17.1 Å². The number of anilines is 3. The van der Waals surface area contributed by atoms with Gasteiger partial charge in [0.2, 0.25) is 0 Å². The lowest BCUT2D eigenvalue weighted by molar-refractivity contribution is 0.669. The van der Waals surface area contributed by atoms with E-state index in [0.717, 1.165) is 39.0 Å². The van der Waals surface area contributed by atoms with Crippen molar-refractivity contribution in [2.45, 2.75) is 0 Å². The van der Waals surface area contributed by atoms with E-state index in [4.69, 9.17) is 4.42 Å². The van der Waals surface area contributed by atoms with Gasteiger partial charge in [0.15, 0.2) is 0 Å². The summed E-state index contributed by atoms with van der Waals surface area (Å²) >= 11 is 0. The average molecular weight is 764 g/mol. The Morgan fingerprint density at radius 1 is 0.283 bits per heavy atom. The molecule has 2 nitrogen and oxygen atoms in total. The van der Waals surface area contributed by atoms with Gasteiger partial charge in [0.1, 0.15) is 11.2 Å². The lowest BCUT2D eigenvalue weighted by Crippen LogP contribution is -2.10. The first-order valence-electron chi connectivity index (χ1n) is 20.6. The molecule has 0 spiro atoms. The summed E-state index contributed by atoms with van der Waals surface area (Å²) in [5.74, 6) is 0. The zero-order chi connectivity index (χ0) is 39.6. The van der Waals surface area contributed by atoms with Crippen molar-refractivity contribution >= 4 is 82.1 Å². The summed E-state index contributed by atoms with van der Waals surface area (Å²) in [6, 6.07) is 81.2. The van der Waals surface area contributed by atoms with E-state index in [-0.39, 0.29) is 0 Å². The van der Waals surface area contributed by atoms with Gasteiger partial charge in [0.05, 0.1) is 11.1 Å². The summed E-state index contributed by atoms with van der Waals surface area (Å²) in [6.07, 6.45) is 0. The third kappa shape index (κ3) is 5.65. The van der Waals surface area contributed by atoms with Gasteiger partial charge in [0, 0.05) is 16.8 Å². The number of rotatable bonds is 6. The summed E-state index contributed by atoms with van der Waals surface area (Å²) in [5, 5.41) is 12.4. The number of hydrogen-bond donors (Lipinski definition) is 0. The fourth-order valence-electron chi connectivity index (χ4n) is 9.30. The zero-order valence-corrected chi connectivity index (χ0v) is 32.7. The lowest BCUT2D eigenvalue weighted by atomic mass is 9.94. The average Bonchev–Trinajstić information content (AvgIpc) is 3.71. The minimum atomic E-state index is 0.870. The van der Waals surface area contributed by atoms with Crippen LogP contribution in [0, 0.1) is 0 Å². The minimum absolute atomic E-state index is 0.870. The SMILES string of the molecule is c1ccc2c(c1)ccc1cc(-c3ccc(-c4ccc(N(c5ccc(-c6cccc7c6ccc6ccccc67)cc5)c5cccc6oc7ccccc7c56)cc4)cc3)ccc12. The number of fused-ring (bicyclic) bond motifs is 9. The molecule has 0 atom stereocenters. The molecule has 0 aliphatic rings. The van der Waals surface area contributed by atoms with Crippen molar-refractivity contribution in [1.29, 1.82) is 0 Å². The molecule has 0 saturated carbocycles. The molecular weight excluding hydrogens is 727 g/mol. The van der Waals surface area contributed by atoms with Crippen LogP contribution in [0.5, 0.6) is 0 Å². The highest BCUT2D eigenvalue weighted by atomic mass is 16.3. The van der Waals surface area contributed by atoms with Gasteiger partial charge in [-0.25, -0.2) is 0 Å². The molecule has 0 aliphatic carbocycles. The van der Waals surface area contributed by atoms with E-state index in [9.17, 15) is 0 Å². The topological polar surface area (TPSA) is 16.4 Å². The number of furan rings is 1. The third-order valence-electron chi connectivity index (χ3n) is 12.3. The maximum Gasteiger partial charge on any atom is 0.137 e. The first-order valence-corrected chi connectivity index (χ1v) is 20.6. The molecule has 0 N–H and O–H groups in total. The van der Waals surface area contributed by atoms with Gasteiger partial charge in [-0.05, 0) is 125 Å². The Bertz CT molecular complexity index is 3580. The van der Waals surface area contributed by atoms with Gasteiger partial charge < -0.3 is 9.32 Å². The Kier molecular flexibility index (Phi) is 7.89. The Labute approximate surface area is 347 Å². The van der Waals surface area contributed by atoms with Crippen LogP contribution in [0.3, 0.4) is 0 Å². The summed E-state index contributed by atoms with van der Waals surface area (Å²) in [4.78, 5) is 2.36. The molecule has 0 amide bonds. The van der Waals surface area contributed by atoms with Crippen LogP contribution in [0.1, 0.15) is 0 Å². The van der Waals surface area contributed by atoms with E-state index in [2.05, 4.69) is 217 Å². The Hall–Kier alpha value is -7.94. The molecule has 12 rings (SSSR count). The van der Waals surface area contributed by atoms with Crippen molar-refractivity contribution in [3.8, 4) is 33.4 Å². The molecule has 2 heteroatoms. The van der Waals surface area contributed by atoms with Gasteiger partial charge in [-0.3, -0.25) is 0 Å². The van der Waals surface area contributed by atoms with Crippen molar-refractivity contribution in [2.75, 3.05) is 4.90 Å². The van der Waals surface area contributed by atoms with Gasteiger partial charge >= 0.3 is 0 Å². The summed E-state index contributed by atoms with van der Waals surface area (Å²) in [5.41, 5.74) is 12.1. The highest BCUT2D eigenvalue weighted by molar-refractivity contribution is 6.14. The van der Waals surface area contributed by atoms with Crippen molar-refractivity contribution in [3.05, 3.63) is 224 Å². The molecule has 11 aromatic carbocycles. The first-order chi connectivity index (χ1) is 29.7. The summed E-state index contributed by atoms with van der Waals surface area (Å²) in [7, 11) is 0. The normalized spacial score (nSPS) is 11.7. The third-order valence-corrected chi connectivity index (χ3v) is 12.3. The van der Waals surface area contributed by atoms with E-state index < -0.39 is 0 Å². The molecule has 280 valence electrons. The summed E-state index contributed by atoms with van der Waals surface area (Å²) in [6.45, 7) is 0. The molecule has 0 bridgehead atoms. The zero-order valence-electron chi connectivity index (χ0n) is 32.7. The van der Waals surface area contributed by atoms with E-state index in [1.54, 1.807) is 0 Å². The van der Waals surface area contributed by atoms with Crippen LogP contribution in [-0.2, 0) is 0 Å². The van der Waals surface area contributed by atoms with Crippen LogP contribution >= 0.6 is 0 Å². The van der Waals surface area contributed by atoms with Gasteiger partial charge in [-0.1, -0.05) is 176 Å². The number of para-hydroxylation sites is 1. The molecule has 60 heavy (non-hydrogen) atoms. The van der Waals surface area contributed by atoms with E-state index in [1.165, 1.54) is 76.5 Å². The Morgan fingerprint density at radius 3 is 1.50 bits per heavy atom. The van der Waals surface area contributed by atoms with Gasteiger partial charge in [0.25, 0.3) is 0 Å². The van der Waals surface area contributed by atoms with Crippen LogP contribution < -0.4 is 4.90 Å². The molecule has 0 radical (unpaired) electrons. The van der Waals surface area contributed by atoms with Crippen molar-refractivity contribution in [1.82, 2.24) is 0 Å². The molecular formula is C58H37NO. The second kappa shape index (κ2) is 13.9. The summed E-state index contributed by atoms with van der Waals surface area (Å²) < 4.78 is 6.39. The fraction of sp³-hybridized carbons (Fsp3) is 0.